The molecular formula is C14H19N3O3S. The van der Waals surface area contributed by atoms with Crippen molar-refractivity contribution in [3.8, 4) is 0 Å². The lowest BCUT2D eigenvalue weighted by molar-refractivity contribution is 0.0698. The molecule has 1 fully saturated rings. The third-order valence-corrected chi connectivity index (χ3v) is 5.32. The smallest absolute Gasteiger partial charge is 0.277 e. The van der Waals surface area contributed by atoms with E-state index in [2.05, 4.69) is 0 Å². The minimum absolute atomic E-state index is 0.0289. The Morgan fingerprint density at radius 1 is 1.05 bits per heavy atom. The Labute approximate surface area is 124 Å². The summed E-state index contributed by atoms with van der Waals surface area (Å²) in [5.41, 5.74) is 3.30. The van der Waals surface area contributed by atoms with Crippen LogP contribution in [0, 0.1) is 0 Å². The fraction of sp³-hybridized carbons (Fsp3) is 0.500. The van der Waals surface area contributed by atoms with Crippen LogP contribution >= 0.6 is 0 Å². The minimum atomic E-state index is -3.65. The summed E-state index contributed by atoms with van der Waals surface area (Å²) in [6.07, 6.45) is 3.28. The standard InChI is InChI=1S/C14H19N3O3S/c15-21(19,20)17-8-6-16(7-9-17)14(18)13-5-4-11-2-1-3-12(11)10-13/h4-5,10H,1-3,6-9H2,(H2,15,19,20). The summed E-state index contributed by atoms with van der Waals surface area (Å²) in [7, 11) is -3.65. The number of piperazine rings is 1. The second kappa shape index (κ2) is 5.40. The fourth-order valence-electron chi connectivity index (χ4n) is 3.03. The minimum Gasteiger partial charge on any atom is -0.336 e. The van der Waals surface area contributed by atoms with E-state index in [0.717, 1.165) is 19.3 Å². The van der Waals surface area contributed by atoms with E-state index in [1.54, 1.807) is 4.90 Å². The highest BCUT2D eigenvalue weighted by Gasteiger charge is 2.27. The van der Waals surface area contributed by atoms with Crippen LogP contribution < -0.4 is 5.14 Å². The molecule has 0 saturated carbocycles. The van der Waals surface area contributed by atoms with Gasteiger partial charge >= 0.3 is 0 Å². The summed E-state index contributed by atoms with van der Waals surface area (Å²) in [5.74, 6) is -0.0289. The van der Waals surface area contributed by atoms with Crippen molar-refractivity contribution >= 4 is 16.1 Å². The molecule has 2 aliphatic rings. The van der Waals surface area contributed by atoms with E-state index < -0.39 is 10.2 Å². The van der Waals surface area contributed by atoms with Gasteiger partial charge in [0, 0.05) is 31.7 Å². The van der Waals surface area contributed by atoms with Gasteiger partial charge in [-0.15, -0.1) is 0 Å². The van der Waals surface area contributed by atoms with Crippen molar-refractivity contribution in [2.75, 3.05) is 26.2 Å². The highest BCUT2D eigenvalue weighted by atomic mass is 32.2. The molecule has 3 rings (SSSR count). The van der Waals surface area contributed by atoms with Crippen molar-refractivity contribution in [2.45, 2.75) is 19.3 Å². The van der Waals surface area contributed by atoms with Crippen LogP contribution in [0.25, 0.3) is 0 Å². The average molecular weight is 309 g/mol. The zero-order chi connectivity index (χ0) is 15.0. The SMILES string of the molecule is NS(=O)(=O)N1CCN(C(=O)c2ccc3c(c2)CCC3)CC1. The first-order valence-electron chi connectivity index (χ1n) is 7.14. The maximum absolute atomic E-state index is 12.5. The van der Waals surface area contributed by atoms with Gasteiger partial charge in [0.2, 0.25) is 0 Å². The van der Waals surface area contributed by atoms with Crippen molar-refractivity contribution in [3.05, 3.63) is 34.9 Å². The lowest BCUT2D eigenvalue weighted by Gasteiger charge is -2.33. The molecule has 0 spiro atoms. The summed E-state index contributed by atoms with van der Waals surface area (Å²) in [6, 6.07) is 5.89. The summed E-state index contributed by atoms with van der Waals surface area (Å²) in [6.45, 7) is 1.28. The van der Waals surface area contributed by atoms with Gasteiger partial charge in [-0.1, -0.05) is 6.07 Å². The summed E-state index contributed by atoms with van der Waals surface area (Å²) in [4.78, 5) is 14.2. The molecule has 2 N–H and O–H groups in total. The third-order valence-electron chi connectivity index (χ3n) is 4.23. The van der Waals surface area contributed by atoms with Crippen LogP contribution in [0.2, 0.25) is 0 Å². The predicted octanol–water partition coefficient (Wildman–Crippen LogP) is 0.137. The molecule has 1 heterocycles. The maximum Gasteiger partial charge on any atom is 0.277 e. The molecule has 6 nitrogen and oxygen atoms in total. The molecule has 0 radical (unpaired) electrons. The molecule has 7 heteroatoms. The van der Waals surface area contributed by atoms with Gasteiger partial charge in [-0.05, 0) is 42.5 Å². The number of aryl methyl sites for hydroxylation is 2. The fourth-order valence-corrected chi connectivity index (χ4v) is 3.71. The van der Waals surface area contributed by atoms with Crippen LogP contribution in [0.15, 0.2) is 18.2 Å². The Kier molecular flexibility index (Phi) is 3.73. The number of hydrogen-bond donors (Lipinski definition) is 1. The second-order valence-corrected chi connectivity index (χ2v) is 7.12. The van der Waals surface area contributed by atoms with Crippen molar-refractivity contribution in [2.24, 2.45) is 5.14 Å². The van der Waals surface area contributed by atoms with Crippen LogP contribution in [-0.4, -0.2) is 49.7 Å². The number of carbonyl (C=O) groups is 1. The first-order valence-corrected chi connectivity index (χ1v) is 8.64. The molecule has 1 aliphatic heterocycles. The molecule has 1 aromatic rings. The molecule has 1 amide bonds. The molecule has 0 bridgehead atoms. The normalized spacial score (nSPS) is 19.6. The number of nitrogens with two attached hydrogens (primary N) is 1. The first-order chi connectivity index (χ1) is 9.95. The molecule has 0 aromatic heterocycles. The molecule has 0 atom stereocenters. The van der Waals surface area contributed by atoms with E-state index >= 15 is 0 Å². The van der Waals surface area contributed by atoms with E-state index in [1.165, 1.54) is 15.4 Å². The number of nitrogens with zero attached hydrogens (tertiary/aromatic N) is 2. The van der Waals surface area contributed by atoms with Crippen molar-refractivity contribution in [3.63, 3.8) is 0 Å². The summed E-state index contributed by atoms with van der Waals surface area (Å²) < 4.78 is 23.7. The number of amides is 1. The Morgan fingerprint density at radius 3 is 2.38 bits per heavy atom. The number of carbonyl (C=O) groups excluding carboxylic acids is 1. The highest BCUT2D eigenvalue weighted by Crippen LogP contribution is 2.23. The van der Waals surface area contributed by atoms with Crippen LogP contribution in [0.4, 0.5) is 0 Å². The van der Waals surface area contributed by atoms with Gasteiger partial charge in [0.1, 0.15) is 0 Å². The maximum atomic E-state index is 12.5. The first kappa shape index (κ1) is 14.5. The Balaban J connectivity index is 1.70. The largest absolute Gasteiger partial charge is 0.336 e. The Bertz CT molecular complexity index is 664. The topological polar surface area (TPSA) is 83.7 Å². The lowest BCUT2D eigenvalue weighted by Crippen LogP contribution is -2.52. The van der Waals surface area contributed by atoms with Crippen molar-refractivity contribution in [1.29, 1.82) is 0 Å². The molecule has 1 aliphatic carbocycles. The molecule has 0 unspecified atom stereocenters. The van der Waals surface area contributed by atoms with Gasteiger partial charge in [-0.25, -0.2) is 5.14 Å². The Morgan fingerprint density at radius 2 is 1.71 bits per heavy atom. The Hall–Kier alpha value is -1.44. The van der Waals surface area contributed by atoms with E-state index in [1.807, 2.05) is 18.2 Å². The zero-order valence-electron chi connectivity index (χ0n) is 11.8. The third kappa shape index (κ3) is 2.95. The lowest BCUT2D eigenvalue weighted by atomic mass is 10.1. The van der Waals surface area contributed by atoms with E-state index in [-0.39, 0.29) is 19.0 Å². The molecule has 114 valence electrons. The number of fused-ring (bicyclic) bond motifs is 1. The second-order valence-electron chi connectivity index (χ2n) is 5.57. The number of rotatable bonds is 2. The van der Waals surface area contributed by atoms with Gasteiger partial charge < -0.3 is 4.90 Å². The van der Waals surface area contributed by atoms with E-state index in [9.17, 15) is 13.2 Å². The summed E-state index contributed by atoms with van der Waals surface area (Å²) in [5, 5.41) is 5.10. The van der Waals surface area contributed by atoms with E-state index in [4.69, 9.17) is 5.14 Å². The van der Waals surface area contributed by atoms with Crippen LogP contribution in [0.1, 0.15) is 27.9 Å². The molecule has 1 saturated heterocycles. The van der Waals surface area contributed by atoms with Gasteiger partial charge in [0.05, 0.1) is 0 Å². The predicted molar refractivity (Wildman–Crippen MR) is 79.1 cm³/mol. The van der Waals surface area contributed by atoms with Crippen LogP contribution in [0.3, 0.4) is 0 Å². The monoisotopic (exact) mass is 309 g/mol. The van der Waals surface area contributed by atoms with Crippen LogP contribution in [-0.2, 0) is 23.1 Å². The molecule has 21 heavy (non-hydrogen) atoms. The molecular weight excluding hydrogens is 290 g/mol. The quantitative estimate of drug-likeness (QED) is 0.843. The number of hydrogen-bond acceptors (Lipinski definition) is 3. The summed E-state index contributed by atoms with van der Waals surface area (Å²) >= 11 is 0. The van der Waals surface area contributed by atoms with Crippen LogP contribution in [0.5, 0.6) is 0 Å². The average Bonchev–Trinajstić information content (AvgIpc) is 2.93. The zero-order valence-corrected chi connectivity index (χ0v) is 12.6. The molecule has 1 aromatic carbocycles. The van der Waals surface area contributed by atoms with E-state index in [0.29, 0.717) is 18.7 Å². The van der Waals surface area contributed by atoms with Gasteiger partial charge in [-0.2, -0.15) is 12.7 Å². The van der Waals surface area contributed by atoms with Gasteiger partial charge in [-0.3, -0.25) is 4.79 Å². The van der Waals surface area contributed by atoms with Gasteiger partial charge in [0.15, 0.2) is 0 Å². The number of benzene rings is 1. The van der Waals surface area contributed by atoms with Crippen molar-refractivity contribution < 1.29 is 13.2 Å². The highest BCUT2D eigenvalue weighted by molar-refractivity contribution is 7.86. The van der Waals surface area contributed by atoms with Crippen molar-refractivity contribution in [1.82, 2.24) is 9.21 Å². The van der Waals surface area contributed by atoms with Gasteiger partial charge in [0.25, 0.3) is 16.1 Å².